The van der Waals surface area contributed by atoms with Crippen molar-refractivity contribution in [1.82, 2.24) is 9.97 Å². The summed E-state index contributed by atoms with van der Waals surface area (Å²) in [6.45, 7) is 9.27. The Balaban J connectivity index is 2.83. The molecule has 0 amide bonds. The molecule has 0 aliphatic rings. The highest BCUT2D eigenvalue weighted by Gasteiger charge is 2.19. The van der Waals surface area contributed by atoms with Gasteiger partial charge in [-0.1, -0.05) is 27.7 Å². The quantitative estimate of drug-likeness (QED) is 0.474. The second-order valence-electron chi connectivity index (χ2n) is 5.77. The fourth-order valence-electron chi connectivity index (χ4n) is 1.52. The monoisotopic (exact) mass is 311 g/mol. The second-order valence-corrected chi connectivity index (χ2v) is 6.88. The van der Waals surface area contributed by atoms with Crippen LogP contribution in [0.3, 0.4) is 0 Å². The average molecular weight is 311 g/mol. The van der Waals surface area contributed by atoms with Gasteiger partial charge in [-0.25, -0.2) is 9.97 Å². The van der Waals surface area contributed by atoms with E-state index in [1.165, 1.54) is 7.11 Å². The second kappa shape index (κ2) is 8.22. The molecule has 1 rings (SSSR count). The summed E-state index contributed by atoms with van der Waals surface area (Å²) in [5.41, 5.74) is -0.110. The van der Waals surface area contributed by atoms with E-state index in [4.69, 9.17) is 0 Å². The standard InChI is InChI=1S/C15H25N3O2S/c1-6-8-16-11-10-12(21-9-7-13(19)20-5)18-14(17-11)15(2,3)4/h10H,6-9H2,1-5H3,(H,16,17,18). The van der Waals surface area contributed by atoms with Gasteiger partial charge in [0.1, 0.15) is 16.7 Å². The molecule has 0 saturated carbocycles. The summed E-state index contributed by atoms with van der Waals surface area (Å²) in [4.78, 5) is 20.3. The third-order valence-electron chi connectivity index (χ3n) is 2.71. The lowest BCUT2D eigenvalue weighted by atomic mass is 9.96. The van der Waals surface area contributed by atoms with Crippen LogP contribution in [0, 0.1) is 0 Å². The average Bonchev–Trinajstić information content (AvgIpc) is 2.43. The van der Waals surface area contributed by atoms with Gasteiger partial charge in [-0.2, -0.15) is 0 Å². The fraction of sp³-hybridized carbons (Fsp3) is 0.667. The minimum atomic E-state index is -0.197. The number of thioether (sulfide) groups is 1. The van der Waals surface area contributed by atoms with Gasteiger partial charge in [0, 0.05) is 23.8 Å². The summed E-state index contributed by atoms with van der Waals surface area (Å²) in [5.74, 6) is 2.11. The van der Waals surface area contributed by atoms with Crippen LogP contribution in [0.2, 0.25) is 0 Å². The molecule has 0 radical (unpaired) electrons. The van der Waals surface area contributed by atoms with Crippen LogP contribution in [-0.4, -0.2) is 35.3 Å². The van der Waals surface area contributed by atoms with E-state index in [1.54, 1.807) is 11.8 Å². The van der Waals surface area contributed by atoms with Gasteiger partial charge < -0.3 is 10.1 Å². The van der Waals surface area contributed by atoms with Gasteiger partial charge >= 0.3 is 5.97 Å². The van der Waals surface area contributed by atoms with Crippen molar-refractivity contribution in [1.29, 1.82) is 0 Å². The van der Waals surface area contributed by atoms with E-state index in [9.17, 15) is 4.79 Å². The smallest absolute Gasteiger partial charge is 0.306 e. The van der Waals surface area contributed by atoms with Crippen LogP contribution in [-0.2, 0) is 14.9 Å². The highest BCUT2D eigenvalue weighted by Crippen LogP contribution is 2.25. The van der Waals surface area contributed by atoms with Crippen LogP contribution in [0.25, 0.3) is 0 Å². The Morgan fingerprint density at radius 3 is 2.67 bits per heavy atom. The van der Waals surface area contributed by atoms with E-state index in [2.05, 4.69) is 47.7 Å². The molecule has 5 nitrogen and oxygen atoms in total. The Labute approximate surface area is 131 Å². The largest absolute Gasteiger partial charge is 0.469 e. The molecule has 1 aromatic heterocycles. The molecule has 0 aliphatic heterocycles. The molecule has 0 saturated heterocycles. The number of aromatic nitrogens is 2. The molecule has 1 N–H and O–H groups in total. The number of ether oxygens (including phenoxy) is 1. The van der Waals surface area contributed by atoms with E-state index in [0.717, 1.165) is 29.6 Å². The fourth-order valence-corrected chi connectivity index (χ4v) is 2.34. The van der Waals surface area contributed by atoms with Gasteiger partial charge in [0.05, 0.1) is 13.5 Å². The van der Waals surface area contributed by atoms with E-state index >= 15 is 0 Å². The lowest BCUT2D eigenvalue weighted by molar-refractivity contribution is -0.140. The number of rotatable bonds is 7. The molecular formula is C15H25N3O2S. The number of anilines is 1. The molecule has 118 valence electrons. The summed E-state index contributed by atoms with van der Waals surface area (Å²) in [6.07, 6.45) is 1.42. The summed E-state index contributed by atoms with van der Waals surface area (Å²) in [7, 11) is 1.40. The maximum Gasteiger partial charge on any atom is 0.306 e. The van der Waals surface area contributed by atoms with Gasteiger partial charge in [0.15, 0.2) is 0 Å². The summed E-state index contributed by atoms with van der Waals surface area (Å²) in [5, 5.41) is 4.19. The molecule has 0 fully saturated rings. The maximum absolute atomic E-state index is 11.2. The maximum atomic E-state index is 11.2. The first-order chi connectivity index (χ1) is 9.86. The number of hydrogen-bond acceptors (Lipinski definition) is 6. The number of carbonyl (C=O) groups excluding carboxylic acids is 1. The molecule has 0 bridgehead atoms. The molecule has 0 spiro atoms. The molecule has 1 aromatic rings. The Morgan fingerprint density at radius 1 is 1.38 bits per heavy atom. The molecule has 21 heavy (non-hydrogen) atoms. The zero-order valence-electron chi connectivity index (χ0n) is 13.5. The van der Waals surface area contributed by atoms with Crippen LogP contribution in [0.15, 0.2) is 11.1 Å². The van der Waals surface area contributed by atoms with Crippen molar-refractivity contribution in [3.63, 3.8) is 0 Å². The molecular weight excluding hydrogens is 286 g/mol. The van der Waals surface area contributed by atoms with Crippen LogP contribution in [0.5, 0.6) is 0 Å². The van der Waals surface area contributed by atoms with Gasteiger partial charge in [0.25, 0.3) is 0 Å². The third-order valence-corrected chi connectivity index (χ3v) is 3.63. The topological polar surface area (TPSA) is 64.1 Å². The summed E-state index contributed by atoms with van der Waals surface area (Å²) < 4.78 is 4.65. The van der Waals surface area contributed by atoms with Crippen molar-refractivity contribution < 1.29 is 9.53 Å². The Hall–Kier alpha value is -1.30. The molecule has 0 aromatic carbocycles. The van der Waals surface area contributed by atoms with Crippen molar-refractivity contribution >= 4 is 23.5 Å². The number of nitrogens with one attached hydrogen (secondary N) is 1. The molecule has 0 aliphatic carbocycles. The van der Waals surface area contributed by atoms with E-state index in [-0.39, 0.29) is 11.4 Å². The first kappa shape index (κ1) is 17.8. The number of hydrogen-bond donors (Lipinski definition) is 1. The zero-order chi connectivity index (χ0) is 15.9. The zero-order valence-corrected chi connectivity index (χ0v) is 14.3. The van der Waals surface area contributed by atoms with Crippen molar-refractivity contribution in [2.75, 3.05) is 24.7 Å². The molecule has 0 atom stereocenters. The predicted molar refractivity (Wildman–Crippen MR) is 86.9 cm³/mol. The van der Waals surface area contributed by atoms with E-state index in [1.807, 2.05) is 6.07 Å². The van der Waals surface area contributed by atoms with Crippen molar-refractivity contribution in [3.05, 3.63) is 11.9 Å². The number of methoxy groups -OCH3 is 1. The van der Waals surface area contributed by atoms with Crippen LogP contribution >= 0.6 is 11.8 Å². The first-order valence-electron chi connectivity index (χ1n) is 7.20. The first-order valence-corrected chi connectivity index (χ1v) is 8.18. The van der Waals surface area contributed by atoms with Crippen molar-refractivity contribution in [2.45, 2.75) is 51.0 Å². The SMILES string of the molecule is CCCNc1cc(SCCC(=O)OC)nc(C(C)(C)C)n1. The third kappa shape index (κ3) is 6.33. The Morgan fingerprint density at radius 2 is 2.10 bits per heavy atom. The van der Waals surface area contributed by atoms with Crippen molar-refractivity contribution in [2.24, 2.45) is 0 Å². The van der Waals surface area contributed by atoms with Gasteiger partial charge in [-0.15, -0.1) is 11.8 Å². The minimum Gasteiger partial charge on any atom is -0.469 e. The van der Waals surface area contributed by atoms with E-state index < -0.39 is 0 Å². The summed E-state index contributed by atoms with van der Waals surface area (Å²) >= 11 is 1.55. The Bertz CT molecular complexity index is 472. The molecule has 1 heterocycles. The van der Waals surface area contributed by atoms with Gasteiger partial charge in [-0.05, 0) is 6.42 Å². The van der Waals surface area contributed by atoms with Crippen LogP contribution in [0.1, 0.15) is 46.4 Å². The predicted octanol–water partition coefficient (Wildman–Crippen LogP) is 3.25. The molecule has 0 unspecified atom stereocenters. The minimum absolute atomic E-state index is 0.110. The lowest BCUT2D eigenvalue weighted by Gasteiger charge is -2.18. The van der Waals surface area contributed by atoms with Crippen molar-refractivity contribution in [3.8, 4) is 0 Å². The highest BCUT2D eigenvalue weighted by molar-refractivity contribution is 7.99. The number of esters is 1. The molecule has 6 heteroatoms. The van der Waals surface area contributed by atoms with Gasteiger partial charge in [-0.3, -0.25) is 4.79 Å². The highest BCUT2D eigenvalue weighted by atomic mass is 32.2. The van der Waals surface area contributed by atoms with Gasteiger partial charge in [0.2, 0.25) is 0 Å². The lowest BCUT2D eigenvalue weighted by Crippen LogP contribution is -2.18. The Kier molecular flexibility index (Phi) is 6.95. The van der Waals surface area contributed by atoms with Crippen LogP contribution < -0.4 is 5.32 Å². The van der Waals surface area contributed by atoms with E-state index in [0.29, 0.717) is 12.2 Å². The normalized spacial score (nSPS) is 11.3. The van der Waals surface area contributed by atoms with Crippen LogP contribution in [0.4, 0.5) is 5.82 Å². The number of nitrogens with zero attached hydrogens (tertiary/aromatic N) is 2. The summed E-state index contributed by atoms with van der Waals surface area (Å²) in [6, 6.07) is 1.94. The number of carbonyl (C=O) groups is 1.